The Kier molecular flexibility index (Phi) is 7.87. The Bertz CT molecular complexity index is 1050. The molecular formula is C23H28F2N4O3. The molecule has 32 heavy (non-hydrogen) atoms. The molecule has 172 valence electrons. The number of halogens is 2. The molecule has 0 spiro atoms. The van der Waals surface area contributed by atoms with Gasteiger partial charge in [-0.2, -0.15) is 13.9 Å². The van der Waals surface area contributed by atoms with Crippen LogP contribution in [0.15, 0.2) is 36.5 Å². The molecule has 2 unspecified atom stereocenters. The summed E-state index contributed by atoms with van der Waals surface area (Å²) in [6, 6.07) is 8.45. The molecule has 4 rings (SSSR count). The number of pyridine rings is 1. The van der Waals surface area contributed by atoms with Crippen LogP contribution in [0.3, 0.4) is 0 Å². The molecular weight excluding hydrogens is 418 g/mol. The van der Waals surface area contributed by atoms with E-state index in [0.29, 0.717) is 33.9 Å². The van der Waals surface area contributed by atoms with Crippen LogP contribution >= 0.6 is 0 Å². The molecule has 3 aromatic rings. The van der Waals surface area contributed by atoms with Gasteiger partial charge in [0.1, 0.15) is 17.0 Å². The molecule has 1 aromatic carbocycles. The lowest BCUT2D eigenvalue weighted by Crippen LogP contribution is -2.32. The van der Waals surface area contributed by atoms with Gasteiger partial charge in [0.2, 0.25) is 0 Å². The molecule has 7 nitrogen and oxygen atoms in total. The summed E-state index contributed by atoms with van der Waals surface area (Å²) in [7, 11) is 1.90. The van der Waals surface area contributed by atoms with E-state index in [1.807, 2.05) is 20.9 Å². The van der Waals surface area contributed by atoms with Crippen molar-refractivity contribution in [3.8, 4) is 17.0 Å². The first-order valence-electron chi connectivity index (χ1n) is 10.6. The maximum absolute atomic E-state index is 12.4. The van der Waals surface area contributed by atoms with Gasteiger partial charge in [0.15, 0.2) is 6.29 Å². The first-order valence-corrected chi connectivity index (χ1v) is 10.6. The van der Waals surface area contributed by atoms with Crippen LogP contribution in [-0.2, 0) is 0 Å². The zero-order valence-electron chi connectivity index (χ0n) is 18.3. The number of nitrogens with one attached hydrogen (secondary N) is 1. The number of rotatable bonds is 6. The standard InChI is InChI=1S/C17H15F2N3O2.C6H13NO/c1-10(2)22-14-6-11(9-23)8-20-16(14)15(21-22)12-4-3-5-13(7-12)24-17(18)19;1-7-5-3-2-4-6(5)8/h3-10,17H,1-2H3;5-8H,2-4H2,1H3. The molecule has 1 saturated carbocycles. The number of nitrogens with zero attached hydrogens (tertiary/aromatic N) is 3. The van der Waals surface area contributed by atoms with Gasteiger partial charge in [-0.25, -0.2) is 0 Å². The molecule has 2 N–H and O–H groups in total. The minimum absolute atomic E-state index is 0.0467. The number of benzene rings is 1. The number of aliphatic hydroxyl groups is 1. The molecule has 9 heteroatoms. The smallest absolute Gasteiger partial charge is 0.387 e. The van der Waals surface area contributed by atoms with Crippen LogP contribution in [0, 0.1) is 0 Å². The van der Waals surface area contributed by atoms with E-state index in [1.165, 1.54) is 24.8 Å². The average Bonchev–Trinajstić information content (AvgIpc) is 3.36. The van der Waals surface area contributed by atoms with Crippen molar-refractivity contribution >= 4 is 17.3 Å². The fourth-order valence-corrected chi connectivity index (χ4v) is 3.78. The molecule has 1 fully saturated rings. The Balaban J connectivity index is 0.000000305. The predicted molar refractivity (Wildman–Crippen MR) is 118 cm³/mol. The Labute approximate surface area is 185 Å². The van der Waals surface area contributed by atoms with Crippen molar-refractivity contribution in [1.29, 1.82) is 0 Å². The molecule has 0 saturated heterocycles. The molecule has 2 aromatic heterocycles. The summed E-state index contributed by atoms with van der Waals surface area (Å²) in [5.74, 6) is 0.0549. The summed E-state index contributed by atoms with van der Waals surface area (Å²) in [4.78, 5) is 15.3. The predicted octanol–water partition coefficient (Wildman–Crippen LogP) is 4.21. The molecule has 1 aliphatic rings. The van der Waals surface area contributed by atoms with Crippen molar-refractivity contribution in [3.63, 3.8) is 0 Å². The minimum Gasteiger partial charge on any atom is -0.435 e. The van der Waals surface area contributed by atoms with E-state index in [2.05, 4.69) is 20.1 Å². The third-order valence-corrected chi connectivity index (χ3v) is 5.38. The summed E-state index contributed by atoms with van der Waals surface area (Å²) >= 11 is 0. The summed E-state index contributed by atoms with van der Waals surface area (Å²) < 4.78 is 31.0. The highest BCUT2D eigenvalue weighted by Gasteiger charge is 2.22. The SMILES string of the molecule is CC(C)n1nc(-c2cccc(OC(F)F)c2)c2ncc(C=O)cc21.CNC1CCCC1O. The van der Waals surface area contributed by atoms with Gasteiger partial charge in [-0.3, -0.25) is 14.5 Å². The van der Waals surface area contributed by atoms with E-state index < -0.39 is 6.61 Å². The van der Waals surface area contributed by atoms with E-state index in [4.69, 9.17) is 5.11 Å². The minimum atomic E-state index is -2.89. The summed E-state index contributed by atoms with van der Waals surface area (Å²) in [6.07, 6.45) is 5.39. The van der Waals surface area contributed by atoms with Gasteiger partial charge in [0.05, 0.1) is 11.6 Å². The van der Waals surface area contributed by atoms with Crippen LogP contribution in [0.1, 0.15) is 49.5 Å². The Morgan fingerprint density at radius 2 is 2.06 bits per heavy atom. The molecule has 0 amide bonds. The van der Waals surface area contributed by atoms with Crippen LogP contribution in [0.4, 0.5) is 8.78 Å². The molecule has 0 bridgehead atoms. The van der Waals surface area contributed by atoms with Crippen LogP contribution in [-0.4, -0.2) is 52.0 Å². The number of hydrogen-bond acceptors (Lipinski definition) is 6. The lowest BCUT2D eigenvalue weighted by atomic mass is 10.1. The fourth-order valence-electron chi connectivity index (χ4n) is 3.78. The van der Waals surface area contributed by atoms with Crippen molar-refractivity contribution in [1.82, 2.24) is 20.1 Å². The monoisotopic (exact) mass is 446 g/mol. The fraction of sp³-hybridized carbons (Fsp3) is 0.435. The number of ether oxygens (including phenoxy) is 1. The van der Waals surface area contributed by atoms with Gasteiger partial charge in [0.25, 0.3) is 0 Å². The van der Waals surface area contributed by atoms with Gasteiger partial charge in [-0.05, 0) is 58.4 Å². The summed E-state index contributed by atoms with van der Waals surface area (Å²) in [5.41, 5.74) is 2.93. The molecule has 2 heterocycles. The zero-order valence-corrected chi connectivity index (χ0v) is 18.3. The largest absolute Gasteiger partial charge is 0.435 e. The normalized spacial score (nSPS) is 18.1. The lowest BCUT2D eigenvalue weighted by molar-refractivity contribution is -0.0498. The van der Waals surface area contributed by atoms with Crippen LogP contribution in [0.2, 0.25) is 0 Å². The number of fused-ring (bicyclic) bond motifs is 1. The van der Waals surface area contributed by atoms with Crippen LogP contribution < -0.4 is 10.1 Å². The first kappa shape index (κ1) is 23.7. The number of aliphatic hydroxyl groups excluding tert-OH is 1. The molecule has 0 aliphatic heterocycles. The summed E-state index contributed by atoms with van der Waals surface area (Å²) in [5, 5.41) is 16.7. The van der Waals surface area contributed by atoms with E-state index >= 15 is 0 Å². The number of likely N-dealkylation sites (N-methyl/N-ethyl adjacent to an activating group) is 1. The Hall–Kier alpha value is -2.91. The van der Waals surface area contributed by atoms with E-state index in [0.717, 1.165) is 19.1 Å². The highest BCUT2D eigenvalue weighted by molar-refractivity contribution is 5.93. The van der Waals surface area contributed by atoms with E-state index in [1.54, 1.807) is 22.9 Å². The maximum Gasteiger partial charge on any atom is 0.387 e. The molecule has 1 aliphatic carbocycles. The van der Waals surface area contributed by atoms with Crippen molar-refractivity contribution < 1.29 is 23.4 Å². The van der Waals surface area contributed by atoms with Crippen molar-refractivity contribution in [2.24, 2.45) is 0 Å². The highest BCUT2D eigenvalue weighted by atomic mass is 19.3. The van der Waals surface area contributed by atoms with Gasteiger partial charge >= 0.3 is 6.61 Å². The van der Waals surface area contributed by atoms with Crippen molar-refractivity contribution in [2.45, 2.75) is 57.9 Å². The lowest BCUT2D eigenvalue weighted by Gasteiger charge is -2.11. The maximum atomic E-state index is 12.4. The van der Waals surface area contributed by atoms with Gasteiger partial charge in [0, 0.05) is 29.4 Å². The summed E-state index contributed by atoms with van der Waals surface area (Å²) in [6.45, 7) is 1.03. The number of aldehydes is 1. The van der Waals surface area contributed by atoms with E-state index in [9.17, 15) is 13.6 Å². The number of aromatic nitrogens is 3. The molecule has 2 atom stereocenters. The van der Waals surface area contributed by atoms with Crippen molar-refractivity contribution in [2.75, 3.05) is 7.05 Å². The Morgan fingerprint density at radius 1 is 1.28 bits per heavy atom. The molecule has 0 radical (unpaired) electrons. The number of hydrogen-bond donors (Lipinski definition) is 2. The first-order chi connectivity index (χ1) is 15.3. The quantitative estimate of drug-likeness (QED) is 0.552. The third-order valence-electron chi connectivity index (χ3n) is 5.38. The second kappa shape index (κ2) is 10.6. The van der Waals surface area contributed by atoms with Gasteiger partial charge < -0.3 is 15.2 Å². The topological polar surface area (TPSA) is 89.3 Å². The van der Waals surface area contributed by atoms with Gasteiger partial charge in [-0.1, -0.05) is 12.1 Å². The number of alkyl halides is 2. The Morgan fingerprint density at radius 3 is 2.62 bits per heavy atom. The number of carbonyl (C=O) groups excluding carboxylic acids is 1. The second-order valence-electron chi connectivity index (χ2n) is 7.94. The second-order valence-corrected chi connectivity index (χ2v) is 7.94. The van der Waals surface area contributed by atoms with Crippen molar-refractivity contribution in [3.05, 3.63) is 42.1 Å². The van der Waals surface area contributed by atoms with Gasteiger partial charge in [-0.15, -0.1) is 0 Å². The van der Waals surface area contributed by atoms with Crippen LogP contribution in [0.5, 0.6) is 5.75 Å². The van der Waals surface area contributed by atoms with E-state index in [-0.39, 0.29) is 17.9 Å². The average molecular weight is 446 g/mol. The van der Waals surface area contributed by atoms with Crippen LogP contribution in [0.25, 0.3) is 22.3 Å². The third kappa shape index (κ3) is 5.46. The number of carbonyl (C=O) groups is 1. The zero-order chi connectivity index (χ0) is 23.3. The highest BCUT2D eigenvalue weighted by Crippen LogP contribution is 2.31.